The Bertz CT molecular complexity index is 853. The van der Waals surface area contributed by atoms with Crippen molar-refractivity contribution in [3.63, 3.8) is 0 Å². The predicted octanol–water partition coefficient (Wildman–Crippen LogP) is 3.61. The number of benzene rings is 2. The summed E-state index contributed by atoms with van der Waals surface area (Å²) in [7, 11) is 1.63. The van der Waals surface area contributed by atoms with Crippen molar-refractivity contribution in [1.29, 1.82) is 0 Å². The maximum Gasteiger partial charge on any atom is 0.321 e. The molecule has 0 radical (unpaired) electrons. The maximum absolute atomic E-state index is 12.5. The van der Waals surface area contributed by atoms with E-state index in [1.807, 2.05) is 24.3 Å². The number of rotatable bonds is 4. The van der Waals surface area contributed by atoms with Crippen molar-refractivity contribution in [3.8, 4) is 5.75 Å². The molecule has 8 nitrogen and oxygen atoms in total. The normalized spacial score (nSPS) is 14.0. The van der Waals surface area contributed by atoms with Crippen LogP contribution in [0.25, 0.3) is 0 Å². The van der Waals surface area contributed by atoms with Crippen molar-refractivity contribution in [2.45, 2.75) is 0 Å². The van der Waals surface area contributed by atoms with Crippen LogP contribution < -0.4 is 15.0 Å². The van der Waals surface area contributed by atoms with Gasteiger partial charge in [0.2, 0.25) is 0 Å². The predicted molar refractivity (Wildman–Crippen MR) is 104 cm³/mol. The number of hydrogen-bond donors (Lipinski definition) is 1. The first-order valence-corrected chi connectivity index (χ1v) is 8.75. The molecule has 0 aliphatic carbocycles. The first-order valence-electron chi connectivity index (χ1n) is 8.37. The second-order valence-corrected chi connectivity index (χ2v) is 6.41. The summed E-state index contributed by atoms with van der Waals surface area (Å²) in [6.45, 7) is 2.38. The van der Waals surface area contributed by atoms with Gasteiger partial charge in [-0.25, -0.2) is 4.79 Å². The highest BCUT2D eigenvalue weighted by Crippen LogP contribution is 2.29. The van der Waals surface area contributed by atoms with Gasteiger partial charge < -0.3 is 19.9 Å². The van der Waals surface area contributed by atoms with Crippen molar-refractivity contribution in [2.75, 3.05) is 43.5 Å². The van der Waals surface area contributed by atoms with Crippen molar-refractivity contribution in [3.05, 3.63) is 57.6 Å². The van der Waals surface area contributed by atoms with Gasteiger partial charge in [-0.2, -0.15) is 0 Å². The summed E-state index contributed by atoms with van der Waals surface area (Å²) in [6.07, 6.45) is 0. The number of nitrogens with one attached hydrogen (secondary N) is 1. The molecule has 1 aliphatic heterocycles. The van der Waals surface area contributed by atoms with Crippen molar-refractivity contribution in [1.82, 2.24) is 4.90 Å². The lowest BCUT2D eigenvalue weighted by Crippen LogP contribution is -2.50. The lowest BCUT2D eigenvalue weighted by Gasteiger charge is -2.36. The Balaban J connectivity index is 1.62. The molecule has 1 N–H and O–H groups in total. The van der Waals surface area contributed by atoms with E-state index >= 15 is 0 Å². The van der Waals surface area contributed by atoms with Crippen LogP contribution in [0.1, 0.15) is 0 Å². The van der Waals surface area contributed by atoms with Gasteiger partial charge in [-0.05, 0) is 24.3 Å². The molecule has 3 rings (SSSR count). The number of carbonyl (C=O) groups excluding carboxylic acids is 1. The summed E-state index contributed by atoms with van der Waals surface area (Å²) in [5.41, 5.74) is 1.09. The smallest absolute Gasteiger partial charge is 0.321 e. The van der Waals surface area contributed by atoms with E-state index in [0.29, 0.717) is 31.9 Å². The van der Waals surface area contributed by atoms with E-state index in [1.165, 1.54) is 18.2 Å². The zero-order chi connectivity index (χ0) is 19.4. The number of amides is 2. The third-order valence-corrected chi connectivity index (χ3v) is 4.71. The summed E-state index contributed by atoms with van der Waals surface area (Å²) >= 11 is 5.79. The standard InChI is InChI=1S/C18H19ClN4O4/c1-27-17-5-3-2-4-15(17)21-8-10-22(11-9-21)18(24)20-13-6-7-14(19)16(12-13)23(25)26/h2-7,12H,8-11H2,1H3,(H,20,24). The molecule has 1 saturated heterocycles. The number of halogens is 1. The first-order chi connectivity index (χ1) is 13.0. The third kappa shape index (κ3) is 4.22. The van der Waals surface area contributed by atoms with Crippen molar-refractivity contribution in [2.24, 2.45) is 0 Å². The van der Waals surface area contributed by atoms with Crippen LogP contribution in [0.2, 0.25) is 5.02 Å². The quantitative estimate of drug-likeness (QED) is 0.636. The van der Waals surface area contributed by atoms with E-state index in [9.17, 15) is 14.9 Å². The molecule has 9 heteroatoms. The van der Waals surface area contributed by atoms with Crippen molar-refractivity contribution >= 4 is 34.7 Å². The number of nitro benzene ring substituents is 1. The van der Waals surface area contributed by atoms with Gasteiger partial charge in [0.05, 0.1) is 17.7 Å². The molecule has 1 fully saturated rings. The fraction of sp³-hybridized carbons (Fsp3) is 0.278. The van der Waals surface area contributed by atoms with Crippen LogP contribution in [0.4, 0.5) is 21.9 Å². The molecule has 142 valence electrons. The molecule has 0 saturated carbocycles. The monoisotopic (exact) mass is 390 g/mol. The lowest BCUT2D eigenvalue weighted by atomic mass is 10.2. The number of carbonyl (C=O) groups is 1. The average Bonchev–Trinajstić information content (AvgIpc) is 2.69. The SMILES string of the molecule is COc1ccccc1N1CCN(C(=O)Nc2ccc(Cl)c([N+](=O)[O-])c2)CC1. The summed E-state index contributed by atoms with van der Waals surface area (Å²) in [6, 6.07) is 11.6. The van der Waals surface area contributed by atoms with Crippen LogP contribution >= 0.6 is 11.6 Å². The minimum Gasteiger partial charge on any atom is -0.495 e. The Morgan fingerprint density at radius 3 is 2.56 bits per heavy atom. The van der Waals surface area contributed by atoms with E-state index < -0.39 is 4.92 Å². The largest absolute Gasteiger partial charge is 0.495 e. The molecule has 0 spiro atoms. The summed E-state index contributed by atoms with van der Waals surface area (Å²) in [5, 5.41) is 13.7. The van der Waals surface area contributed by atoms with Gasteiger partial charge in [-0.15, -0.1) is 0 Å². The second-order valence-electron chi connectivity index (χ2n) is 6.00. The van der Waals surface area contributed by atoms with E-state index in [0.717, 1.165) is 11.4 Å². The van der Waals surface area contributed by atoms with Crippen LogP contribution in [0, 0.1) is 10.1 Å². The highest BCUT2D eigenvalue weighted by Gasteiger charge is 2.23. The molecule has 0 atom stereocenters. The second kappa shape index (κ2) is 8.13. The molecule has 27 heavy (non-hydrogen) atoms. The highest BCUT2D eigenvalue weighted by atomic mass is 35.5. The van der Waals surface area contributed by atoms with Gasteiger partial charge in [-0.3, -0.25) is 10.1 Å². The molecule has 2 amide bonds. The molecule has 0 unspecified atom stereocenters. The first kappa shape index (κ1) is 18.8. The zero-order valence-corrected chi connectivity index (χ0v) is 15.5. The summed E-state index contributed by atoms with van der Waals surface area (Å²) in [5.74, 6) is 0.795. The molecule has 1 heterocycles. The molecular formula is C18H19ClN4O4. The van der Waals surface area contributed by atoms with E-state index in [2.05, 4.69) is 10.2 Å². The van der Waals surface area contributed by atoms with Gasteiger partial charge in [0.15, 0.2) is 0 Å². The Labute approximate surface area is 161 Å². The maximum atomic E-state index is 12.5. The minimum atomic E-state index is -0.579. The number of nitro groups is 1. The van der Waals surface area contributed by atoms with Gasteiger partial charge >= 0.3 is 6.03 Å². The number of hydrogen-bond acceptors (Lipinski definition) is 5. The van der Waals surface area contributed by atoms with Crippen LogP contribution in [-0.2, 0) is 0 Å². The molecule has 0 aromatic heterocycles. The number of anilines is 2. The summed E-state index contributed by atoms with van der Waals surface area (Å²) in [4.78, 5) is 26.7. The van der Waals surface area contributed by atoms with Gasteiger partial charge in [-0.1, -0.05) is 23.7 Å². The zero-order valence-electron chi connectivity index (χ0n) is 14.7. The van der Waals surface area contributed by atoms with E-state index in [1.54, 1.807) is 12.0 Å². The number of piperazine rings is 1. The van der Waals surface area contributed by atoms with Crippen LogP contribution in [0.5, 0.6) is 5.75 Å². The molecule has 0 bridgehead atoms. The number of methoxy groups -OCH3 is 1. The Morgan fingerprint density at radius 2 is 1.89 bits per heavy atom. The molecule has 2 aromatic carbocycles. The van der Waals surface area contributed by atoms with Crippen LogP contribution in [0.3, 0.4) is 0 Å². The Morgan fingerprint density at radius 1 is 1.19 bits per heavy atom. The molecular weight excluding hydrogens is 372 g/mol. The van der Waals surface area contributed by atoms with Crippen LogP contribution in [0.15, 0.2) is 42.5 Å². The summed E-state index contributed by atoms with van der Waals surface area (Å²) < 4.78 is 5.39. The topological polar surface area (TPSA) is 88.0 Å². The Hall–Kier alpha value is -3.00. The highest BCUT2D eigenvalue weighted by molar-refractivity contribution is 6.32. The van der Waals surface area contributed by atoms with Gasteiger partial charge in [0.25, 0.3) is 5.69 Å². The third-order valence-electron chi connectivity index (χ3n) is 4.39. The van der Waals surface area contributed by atoms with E-state index in [-0.39, 0.29) is 16.7 Å². The number of urea groups is 1. The van der Waals surface area contributed by atoms with Crippen molar-refractivity contribution < 1.29 is 14.5 Å². The van der Waals surface area contributed by atoms with Gasteiger partial charge in [0, 0.05) is 37.9 Å². The fourth-order valence-electron chi connectivity index (χ4n) is 2.97. The fourth-order valence-corrected chi connectivity index (χ4v) is 3.16. The number of para-hydroxylation sites is 2. The van der Waals surface area contributed by atoms with Crippen LogP contribution in [-0.4, -0.2) is 49.1 Å². The van der Waals surface area contributed by atoms with E-state index in [4.69, 9.17) is 16.3 Å². The average molecular weight is 391 g/mol. The lowest BCUT2D eigenvalue weighted by molar-refractivity contribution is -0.384. The molecule has 2 aromatic rings. The molecule has 1 aliphatic rings. The number of nitrogens with zero attached hydrogens (tertiary/aromatic N) is 3. The number of ether oxygens (including phenoxy) is 1. The minimum absolute atomic E-state index is 0.0309. The van der Waals surface area contributed by atoms with Gasteiger partial charge in [0.1, 0.15) is 10.8 Å². The Kier molecular flexibility index (Phi) is 5.66.